The third-order valence-corrected chi connectivity index (χ3v) is 3.38. The number of rotatable bonds is 4. The first-order valence-electron chi connectivity index (χ1n) is 6.63. The molecule has 2 aromatic rings. The van der Waals surface area contributed by atoms with Gasteiger partial charge < -0.3 is 9.30 Å². The Morgan fingerprint density at radius 2 is 2.00 bits per heavy atom. The maximum absolute atomic E-state index is 5.86. The van der Waals surface area contributed by atoms with Gasteiger partial charge in [-0.3, -0.25) is 0 Å². The molecule has 0 aromatic carbocycles. The molecule has 2 rings (SSSR count). The quantitative estimate of drug-likeness (QED) is 0.843. The van der Waals surface area contributed by atoms with Gasteiger partial charge in [0.2, 0.25) is 5.88 Å². The third kappa shape index (κ3) is 2.86. The molecule has 0 aliphatic carbocycles. The fourth-order valence-corrected chi connectivity index (χ4v) is 2.31. The van der Waals surface area contributed by atoms with Crippen LogP contribution in [0.5, 0.6) is 5.88 Å². The van der Waals surface area contributed by atoms with Gasteiger partial charge in [0.1, 0.15) is 5.52 Å². The van der Waals surface area contributed by atoms with Gasteiger partial charge in [-0.1, -0.05) is 13.8 Å². The fraction of sp³-hybridized carbons (Fsp3) is 0.533. The lowest BCUT2D eigenvalue weighted by Gasteiger charge is -2.11. The first-order valence-corrected chi connectivity index (χ1v) is 6.63. The number of aromatic nitrogens is 2. The zero-order valence-electron chi connectivity index (χ0n) is 12.4. The van der Waals surface area contributed by atoms with Crippen molar-refractivity contribution in [2.75, 3.05) is 6.61 Å². The molecule has 2 aromatic heterocycles. The molecular weight excluding hydrogens is 260 g/mol. The highest BCUT2D eigenvalue weighted by atomic mass is 35.5. The summed E-state index contributed by atoms with van der Waals surface area (Å²) in [5.74, 6) is 1.27. The van der Waals surface area contributed by atoms with Crippen molar-refractivity contribution in [3.8, 4) is 5.88 Å². The summed E-state index contributed by atoms with van der Waals surface area (Å²) in [7, 11) is 0. The van der Waals surface area contributed by atoms with E-state index in [4.69, 9.17) is 4.74 Å². The van der Waals surface area contributed by atoms with E-state index >= 15 is 0 Å². The lowest BCUT2D eigenvalue weighted by Crippen LogP contribution is -2.07. The average Bonchev–Trinajstić information content (AvgIpc) is 2.60. The molecule has 0 saturated heterocycles. The van der Waals surface area contributed by atoms with Crippen molar-refractivity contribution in [3.05, 3.63) is 23.5 Å². The summed E-state index contributed by atoms with van der Waals surface area (Å²) in [5.41, 5.74) is 3.76. The van der Waals surface area contributed by atoms with E-state index in [-0.39, 0.29) is 12.4 Å². The van der Waals surface area contributed by atoms with Crippen LogP contribution in [0.25, 0.3) is 10.9 Å². The first-order chi connectivity index (χ1) is 8.56. The Kier molecular flexibility index (Phi) is 5.24. The Morgan fingerprint density at radius 1 is 1.32 bits per heavy atom. The number of hydrogen-bond donors (Lipinski definition) is 0. The molecule has 0 atom stereocenters. The van der Waals surface area contributed by atoms with Crippen molar-refractivity contribution >= 4 is 23.3 Å². The second kappa shape index (κ2) is 6.29. The predicted octanol–water partition coefficient (Wildman–Crippen LogP) is 4.13. The zero-order chi connectivity index (χ0) is 13.3. The van der Waals surface area contributed by atoms with Crippen LogP contribution in [0.2, 0.25) is 0 Å². The molecule has 3 nitrogen and oxygen atoms in total. The van der Waals surface area contributed by atoms with Crippen LogP contribution in [0, 0.1) is 19.8 Å². The molecule has 0 radical (unpaired) electrons. The summed E-state index contributed by atoms with van der Waals surface area (Å²) in [6, 6.07) is 2.08. The SMILES string of the molecule is CCn1c(C)c(C)c2ccnc(OCC(C)C)c21.Cl. The van der Waals surface area contributed by atoms with Crippen LogP contribution < -0.4 is 4.74 Å². The van der Waals surface area contributed by atoms with Crippen molar-refractivity contribution in [2.45, 2.75) is 41.2 Å². The van der Waals surface area contributed by atoms with Gasteiger partial charge in [0.25, 0.3) is 0 Å². The van der Waals surface area contributed by atoms with E-state index in [1.165, 1.54) is 16.6 Å². The highest BCUT2D eigenvalue weighted by molar-refractivity contribution is 5.88. The molecule has 0 aliphatic heterocycles. The highest BCUT2D eigenvalue weighted by Gasteiger charge is 2.15. The van der Waals surface area contributed by atoms with E-state index in [9.17, 15) is 0 Å². The number of nitrogens with zero attached hydrogens (tertiary/aromatic N) is 2. The van der Waals surface area contributed by atoms with Crippen LogP contribution in [0.3, 0.4) is 0 Å². The smallest absolute Gasteiger partial charge is 0.238 e. The normalized spacial score (nSPS) is 10.8. The molecule has 0 unspecified atom stereocenters. The minimum absolute atomic E-state index is 0. The van der Waals surface area contributed by atoms with E-state index in [0.717, 1.165) is 17.9 Å². The fourth-order valence-electron chi connectivity index (χ4n) is 2.31. The summed E-state index contributed by atoms with van der Waals surface area (Å²) >= 11 is 0. The minimum atomic E-state index is 0. The predicted molar refractivity (Wildman–Crippen MR) is 82.5 cm³/mol. The second-order valence-electron chi connectivity index (χ2n) is 5.17. The number of ether oxygens (including phenoxy) is 1. The zero-order valence-corrected chi connectivity index (χ0v) is 13.2. The van der Waals surface area contributed by atoms with E-state index < -0.39 is 0 Å². The maximum Gasteiger partial charge on any atom is 0.238 e. The molecule has 0 bridgehead atoms. The first kappa shape index (κ1) is 15.8. The van der Waals surface area contributed by atoms with Crippen molar-refractivity contribution in [2.24, 2.45) is 5.92 Å². The molecule has 4 heteroatoms. The van der Waals surface area contributed by atoms with Gasteiger partial charge in [-0.2, -0.15) is 0 Å². The molecule has 2 heterocycles. The van der Waals surface area contributed by atoms with Gasteiger partial charge in [-0.25, -0.2) is 4.98 Å². The van der Waals surface area contributed by atoms with Crippen LogP contribution in [0.15, 0.2) is 12.3 Å². The van der Waals surface area contributed by atoms with Gasteiger partial charge >= 0.3 is 0 Å². The number of fused-ring (bicyclic) bond motifs is 1. The van der Waals surface area contributed by atoms with Crippen LogP contribution in [0.4, 0.5) is 0 Å². The number of aryl methyl sites for hydroxylation is 2. The Hall–Kier alpha value is -1.22. The summed E-state index contributed by atoms with van der Waals surface area (Å²) in [5, 5.41) is 1.25. The standard InChI is InChI=1S/C15H22N2O.ClH/c1-6-17-12(5)11(4)13-7-8-16-15(14(13)17)18-9-10(2)3;/h7-8,10H,6,9H2,1-5H3;1H. The molecule has 0 amide bonds. The molecular formula is C15H23ClN2O. The lowest BCUT2D eigenvalue weighted by molar-refractivity contribution is 0.263. The van der Waals surface area contributed by atoms with Crippen molar-refractivity contribution in [1.29, 1.82) is 0 Å². The Bertz CT molecular complexity index is 561. The summed E-state index contributed by atoms with van der Waals surface area (Å²) in [6.07, 6.45) is 1.84. The van der Waals surface area contributed by atoms with Crippen molar-refractivity contribution in [3.63, 3.8) is 0 Å². The Balaban J connectivity index is 0.00000180. The Labute approximate surface area is 121 Å². The van der Waals surface area contributed by atoms with Crippen molar-refractivity contribution in [1.82, 2.24) is 9.55 Å². The largest absolute Gasteiger partial charge is 0.476 e. The van der Waals surface area contributed by atoms with Gasteiger partial charge in [-0.15, -0.1) is 12.4 Å². The highest BCUT2D eigenvalue weighted by Crippen LogP contribution is 2.30. The van der Waals surface area contributed by atoms with E-state index in [2.05, 4.69) is 50.2 Å². The summed E-state index contributed by atoms with van der Waals surface area (Å²) in [6.45, 7) is 12.4. The van der Waals surface area contributed by atoms with Gasteiger partial charge in [0, 0.05) is 23.8 Å². The molecule has 0 spiro atoms. The maximum atomic E-state index is 5.86. The molecule has 19 heavy (non-hydrogen) atoms. The van der Waals surface area contributed by atoms with Crippen LogP contribution in [-0.4, -0.2) is 16.2 Å². The molecule has 0 fully saturated rings. The summed E-state index contributed by atoms with van der Waals surface area (Å²) < 4.78 is 8.14. The average molecular weight is 283 g/mol. The molecule has 106 valence electrons. The number of halogens is 1. The van der Waals surface area contributed by atoms with Gasteiger partial charge in [-0.05, 0) is 38.3 Å². The van der Waals surface area contributed by atoms with E-state index in [1.807, 2.05) is 6.20 Å². The van der Waals surface area contributed by atoms with Crippen molar-refractivity contribution < 1.29 is 4.74 Å². The monoisotopic (exact) mass is 282 g/mol. The molecule has 0 N–H and O–H groups in total. The molecule has 0 saturated carbocycles. The number of pyridine rings is 1. The minimum Gasteiger partial charge on any atom is -0.476 e. The van der Waals surface area contributed by atoms with E-state index in [0.29, 0.717) is 12.5 Å². The van der Waals surface area contributed by atoms with E-state index in [1.54, 1.807) is 0 Å². The van der Waals surface area contributed by atoms with Gasteiger partial charge in [0.15, 0.2) is 0 Å². The van der Waals surface area contributed by atoms with Gasteiger partial charge in [0.05, 0.1) is 6.61 Å². The molecule has 0 aliphatic rings. The summed E-state index contributed by atoms with van der Waals surface area (Å²) in [4.78, 5) is 4.40. The number of hydrogen-bond acceptors (Lipinski definition) is 2. The topological polar surface area (TPSA) is 27.1 Å². The lowest BCUT2D eigenvalue weighted by atomic mass is 10.2. The Morgan fingerprint density at radius 3 is 2.58 bits per heavy atom. The third-order valence-electron chi connectivity index (χ3n) is 3.38. The van der Waals surface area contributed by atoms with Crippen LogP contribution >= 0.6 is 12.4 Å². The van der Waals surface area contributed by atoms with Crippen LogP contribution in [-0.2, 0) is 6.54 Å². The second-order valence-corrected chi connectivity index (χ2v) is 5.17. The van der Waals surface area contributed by atoms with Crippen LogP contribution in [0.1, 0.15) is 32.0 Å².